The largest absolute Gasteiger partial charge is 0.350 e. The lowest BCUT2D eigenvalue weighted by molar-refractivity contribution is -0.141. The van der Waals surface area contributed by atoms with Gasteiger partial charge in [-0.1, -0.05) is 57.0 Å². The quantitative estimate of drug-likeness (QED) is 0.162. The van der Waals surface area contributed by atoms with E-state index in [-0.39, 0.29) is 43.0 Å². The summed E-state index contributed by atoms with van der Waals surface area (Å²) in [4.78, 5) is 86.8. The smallest absolute Gasteiger partial charge is 0.246 e. The van der Waals surface area contributed by atoms with Gasteiger partial charge in [-0.15, -0.1) is 0 Å². The van der Waals surface area contributed by atoms with E-state index >= 15 is 0 Å². The van der Waals surface area contributed by atoms with E-state index in [1.54, 1.807) is 6.20 Å². The molecule has 1 aromatic carbocycles. The van der Waals surface area contributed by atoms with Crippen molar-refractivity contribution in [2.75, 3.05) is 13.1 Å². The molecule has 2 aliphatic rings. The molecule has 0 bridgehead atoms. The molecular weight excluding hydrogens is 616 g/mol. The number of hydrogen-bond donors (Lipinski definition) is 6. The van der Waals surface area contributed by atoms with Crippen LogP contribution in [0.25, 0.3) is 0 Å². The summed E-state index contributed by atoms with van der Waals surface area (Å²) in [5.41, 5.74) is 0.559. The summed E-state index contributed by atoms with van der Waals surface area (Å²) in [6.07, 6.45) is 7.11. The SMILES string of the molecule is CC(C)CC(=O)N[C@@H](Cc1cnc[nH]1)C(=O)N[C@@H](C)C(=O)NCC(=O)N1CCC[C@H]1C(=O)NC1(C(=O)NCc2ccccc2)CCCC1. The topological polar surface area (TPSA) is 194 Å². The first-order valence-electron chi connectivity index (χ1n) is 16.8. The van der Waals surface area contributed by atoms with Gasteiger partial charge in [0.25, 0.3) is 0 Å². The summed E-state index contributed by atoms with van der Waals surface area (Å²) in [6, 6.07) is 6.83. The predicted octanol–water partition coefficient (Wildman–Crippen LogP) is 0.840. The average molecular weight is 665 g/mol. The number of carbonyl (C=O) groups excluding carboxylic acids is 6. The highest BCUT2D eigenvalue weighted by Gasteiger charge is 2.45. The number of nitrogens with zero attached hydrogens (tertiary/aromatic N) is 2. The van der Waals surface area contributed by atoms with Gasteiger partial charge in [0.05, 0.1) is 12.9 Å². The predicted molar refractivity (Wildman–Crippen MR) is 177 cm³/mol. The van der Waals surface area contributed by atoms with Crippen molar-refractivity contribution in [1.29, 1.82) is 0 Å². The van der Waals surface area contributed by atoms with Crippen molar-refractivity contribution in [1.82, 2.24) is 41.5 Å². The maximum atomic E-state index is 13.5. The highest BCUT2D eigenvalue weighted by Crippen LogP contribution is 2.31. The molecule has 260 valence electrons. The highest BCUT2D eigenvalue weighted by molar-refractivity contribution is 5.96. The van der Waals surface area contributed by atoms with Gasteiger partial charge in [0.1, 0.15) is 23.7 Å². The second-order valence-electron chi connectivity index (χ2n) is 13.1. The second kappa shape index (κ2) is 16.9. The number of benzene rings is 1. The summed E-state index contributed by atoms with van der Waals surface area (Å²) in [6.45, 7) is 5.60. The Hall–Kier alpha value is -4.75. The second-order valence-corrected chi connectivity index (χ2v) is 13.1. The Bertz CT molecular complexity index is 1420. The van der Waals surface area contributed by atoms with Crippen LogP contribution in [0.4, 0.5) is 0 Å². The molecule has 1 saturated heterocycles. The minimum absolute atomic E-state index is 0.0950. The van der Waals surface area contributed by atoms with E-state index in [0.29, 0.717) is 44.5 Å². The third-order valence-electron chi connectivity index (χ3n) is 8.82. The normalized spacial score (nSPS) is 18.1. The number of aromatic nitrogens is 2. The monoisotopic (exact) mass is 664 g/mol. The number of imidazole rings is 1. The van der Waals surface area contributed by atoms with Crippen molar-refractivity contribution < 1.29 is 28.8 Å². The van der Waals surface area contributed by atoms with E-state index in [0.717, 1.165) is 18.4 Å². The number of hydrogen-bond acceptors (Lipinski definition) is 7. The van der Waals surface area contributed by atoms with Gasteiger partial charge in [0.2, 0.25) is 35.4 Å². The highest BCUT2D eigenvalue weighted by atomic mass is 16.2. The van der Waals surface area contributed by atoms with Crippen LogP contribution in [-0.4, -0.2) is 87.1 Å². The number of carbonyl (C=O) groups is 6. The first-order valence-corrected chi connectivity index (χ1v) is 16.8. The van der Waals surface area contributed by atoms with Crippen molar-refractivity contribution in [3.05, 3.63) is 54.1 Å². The summed E-state index contributed by atoms with van der Waals surface area (Å²) < 4.78 is 0. The summed E-state index contributed by atoms with van der Waals surface area (Å²) in [5.74, 6) is -2.39. The minimum Gasteiger partial charge on any atom is -0.350 e. The zero-order valence-corrected chi connectivity index (χ0v) is 28.0. The van der Waals surface area contributed by atoms with Gasteiger partial charge in [-0.05, 0) is 44.1 Å². The van der Waals surface area contributed by atoms with E-state index in [2.05, 4.69) is 36.6 Å². The Morgan fingerprint density at radius 1 is 0.958 bits per heavy atom. The molecule has 2 aromatic rings. The Balaban J connectivity index is 1.29. The number of H-pyrrole nitrogens is 1. The van der Waals surface area contributed by atoms with E-state index in [9.17, 15) is 28.8 Å². The van der Waals surface area contributed by atoms with Crippen molar-refractivity contribution in [3.8, 4) is 0 Å². The molecule has 0 spiro atoms. The Morgan fingerprint density at radius 2 is 1.69 bits per heavy atom. The number of aromatic amines is 1. The molecule has 48 heavy (non-hydrogen) atoms. The van der Waals surface area contributed by atoms with Crippen LogP contribution in [0, 0.1) is 5.92 Å². The molecule has 4 rings (SSSR count). The molecule has 2 fully saturated rings. The minimum atomic E-state index is -1.03. The maximum Gasteiger partial charge on any atom is 0.246 e. The van der Waals surface area contributed by atoms with Crippen LogP contribution in [-0.2, 0) is 41.7 Å². The van der Waals surface area contributed by atoms with E-state index < -0.39 is 41.4 Å². The van der Waals surface area contributed by atoms with Crippen molar-refractivity contribution >= 4 is 35.4 Å². The zero-order chi connectivity index (χ0) is 34.7. The lowest BCUT2D eigenvalue weighted by Crippen LogP contribution is -2.61. The lowest BCUT2D eigenvalue weighted by atomic mass is 9.95. The molecule has 0 radical (unpaired) electrons. The zero-order valence-electron chi connectivity index (χ0n) is 28.0. The molecule has 1 aliphatic carbocycles. The van der Waals surface area contributed by atoms with Crippen molar-refractivity contribution in [2.45, 2.75) is 102 Å². The van der Waals surface area contributed by atoms with Crippen molar-refractivity contribution in [2.24, 2.45) is 5.92 Å². The number of rotatable bonds is 15. The van der Waals surface area contributed by atoms with Gasteiger partial charge < -0.3 is 36.5 Å². The van der Waals surface area contributed by atoms with Gasteiger partial charge in [-0.2, -0.15) is 0 Å². The number of amides is 6. The van der Waals surface area contributed by atoms with Crippen LogP contribution < -0.4 is 26.6 Å². The Morgan fingerprint density at radius 3 is 2.35 bits per heavy atom. The third kappa shape index (κ3) is 9.88. The van der Waals surface area contributed by atoms with Crippen LogP contribution in [0.5, 0.6) is 0 Å². The van der Waals surface area contributed by atoms with Crippen LogP contribution in [0.3, 0.4) is 0 Å². The maximum absolute atomic E-state index is 13.5. The molecule has 2 heterocycles. The molecule has 1 aromatic heterocycles. The average Bonchev–Trinajstić information content (AvgIpc) is 3.85. The van der Waals surface area contributed by atoms with Crippen LogP contribution in [0.2, 0.25) is 0 Å². The van der Waals surface area contributed by atoms with Gasteiger partial charge in [-0.25, -0.2) is 4.98 Å². The molecule has 3 atom stereocenters. The first kappa shape index (κ1) is 36.1. The van der Waals surface area contributed by atoms with E-state index in [4.69, 9.17) is 0 Å². The van der Waals surface area contributed by atoms with Gasteiger partial charge in [0, 0.05) is 37.8 Å². The molecule has 14 nitrogen and oxygen atoms in total. The fourth-order valence-corrected chi connectivity index (χ4v) is 6.24. The fraction of sp³-hybridized carbons (Fsp3) is 0.559. The van der Waals surface area contributed by atoms with E-state index in [1.165, 1.54) is 18.2 Å². The summed E-state index contributed by atoms with van der Waals surface area (Å²) in [7, 11) is 0. The van der Waals surface area contributed by atoms with E-state index in [1.807, 2.05) is 44.2 Å². The summed E-state index contributed by atoms with van der Waals surface area (Å²) >= 11 is 0. The Kier molecular flexibility index (Phi) is 12.7. The third-order valence-corrected chi connectivity index (χ3v) is 8.82. The molecule has 0 unspecified atom stereocenters. The molecule has 14 heteroatoms. The fourth-order valence-electron chi connectivity index (χ4n) is 6.24. The molecule has 6 amide bonds. The van der Waals surface area contributed by atoms with Gasteiger partial charge in [-0.3, -0.25) is 28.8 Å². The summed E-state index contributed by atoms with van der Waals surface area (Å²) in [5, 5.41) is 13.9. The lowest BCUT2D eigenvalue weighted by Gasteiger charge is -2.32. The van der Waals surface area contributed by atoms with Crippen LogP contribution >= 0.6 is 0 Å². The van der Waals surface area contributed by atoms with Crippen LogP contribution in [0.1, 0.15) is 77.0 Å². The molecule has 6 N–H and O–H groups in total. The number of nitrogens with one attached hydrogen (secondary N) is 6. The van der Waals surface area contributed by atoms with Gasteiger partial charge in [0.15, 0.2) is 0 Å². The van der Waals surface area contributed by atoms with Crippen molar-refractivity contribution in [3.63, 3.8) is 0 Å². The number of likely N-dealkylation sites (tertiary alicyclic amines) is 1. The molecule has 1 aliphatic heterocycles. The Labute approximate surface area is 281 Å². The standard InChI is InChI=1S/C34H48N8O6/c1-22(2)16-28(43)40-26(17-25-19-35-21-38-25)31(46)39-23(3)30(45)36-20-29(44)42-15-9-12-27(42)32(47)41-34(13-7-8-14-34)33(48)37-18-24-10-5-4-6-11-24/h4-6,10-11,19,21-23,26-27H,7-9,12-18,20H2,1-3H3,(H,35,38)(H,36,45)(H,37,48)(H,39,46)(H,40,43)(H,41,47)/t23-,26-,27-/m0/s1. The molecule has 1 saturated carbocycles. The van der Waals surface area contributed by atoms with Gasteiger partial charge >= 0.3 is 0 Å². The van der Waals surface area contributed by atoms with Crippen LogP contribution in [0.15, 0.2) is 42.9 Å². The molecular formula is C34H48N8O6. The first-order chi connectivity index (χ1) is 23.0.